The topological polar surface area (TPSA) is 81.5 Å². The van der Waals surface area contributed by atoms with Gasteiger partial charge in [-0.25, -0.2) is 9.78 Å². The molecule has 1 aromatic carbocycles. The van der Waals surface area contributed by atoms with Gasteiger partial charge in [-0.15, -0.1) is 0 Å². The van der Waals surface area contributed by atoms with E-state index in [9.17, 15) is 9.90 Å². The number of carbonyl (C=O) groups is 1. The van der Waals surface area contributed by atoms with E-state index in [1.165, 1.54) is 19.2 Å². The predicted octanol–water partition coefficient (Wildman–Crippen LogP) is 2.59. The summed E-state index contributed by atoms with van der Waals surface area (Å²) in [4.78, 5) is 19.5. The molecule has 0 radical (unpaired) electrons. The number of aromatic nitrogens is 2. The average Bonchev–Trinajstić information content (AvgIpc) is 2.42. The fourth-order valence-electron chi connectivity index (χ4n) is 1.61. The van der Waals surface area contributed by atoms with Crippen LogP contribution in [-0.2, 0) is 0 Å². The van der Waals surface area contributed by atoms with E-state index in [1.54, 1.807) is 26.1 Å². The Morgan fingerprint density at radius 1 is 1.30 bits per heavy atom. The van der Waals surface area contributed by atoms with Gasteiger partial charge in [0.05, 0.1) is 18.5 Å². The highest BCUT2D eigenvalue weighted by Gasteiger charge is 2.15. The summed E-state index contributed by atoms with van der Waals surface area (Å²) in [6, 6.07) is 4.49. The quantitative estimate of drug-likeness (QED) is 0.922. The first kappa shape index (κ1) is 13.8. The first-order chi connectivity index (χ1) is 9.51. The van der Waals surface area contributed by atoms with Crippen molar-refractivity contribution in [2.24, 2.45) is 0 Å². The first-order valence-electron chi connectivity index (χ1n) is 5.90. The smallest absolute Gasteiger partial charge is 0.339 e. The van der Waals surface area contributed by atoms with Crippen LogP contribution in [0.25, 0.3) is 0 Å². The number of nitrogens with zero attached hydrogens (tertiary/aromatic N) is 2. The molecule has 0 aliphatic carbocycles. The van der Waals surface area contributed by atoms with E-state index in [2.05, 4.69) is 9.97 Å². The summed E-state index contributed by atoms with van der Waals surface area (Å²) in [5, 5.41) is 9.17. The van der Waals surface area contributed by atoms with E-state index in [0.717, 1.165) is 0 Å². The maximum atomic E-state index is 11.2. The highest BCUT2D eigenvalue weighted by Crippen LogP contribution is 2.29. The highest BCUT2D eigenvalue weighted by atomic mass is 16.5. The number of methoxy groups -OCH3 is 1. The van der Waals surface area contributed by atoms with Gasteiger partial charge in [-0.3, -0.25) is 4.98 Å². The second-order valence-electron chi connectivity index (χ2n) is 4.17. The number of carboxylic acid groups (broad SMARTS) is 1. The largest absolute Gasteiger partial charge is 0.497 e. The number of ether oxygens (including phenoxy) is 2. The molecule has 1 heterocycles. The second-order valence-corrected chi connectivity index (χ2v) is 4.17. The van der Waals surface area contributed by atoms with E-state index >= 15 is 0 Å². The van der Waals surface area contributed by atoms with Crippen molar-refractivity contribution in [2.75, 3.05) is 7.11 Å². The molecule has 0 aliphatic rings. The molecule has 0 unspecified atom stereocenters. The minimum absolute atomic E-state index is 0.0357. The van der Waals surface area contributed by atoms with Gasteiger partial charge in [-0.1, -0.05) is 0 Å². The van der Waals surface area contributed by atoms with Crippen molar-refractivity contribution in [3.05, 3.63) is 41.3 Å². The van der Waals surface area contributed by atoms with Crippen molar-refractivity contribution in [1.29, 1.82) is 0 Å². The zero-order valence-corrected chi connectivity index (χ0v) is 11.4. The minimum atomic E-state index is -1.08. The molecule has 0 atom stereocenters. The molecule has 0 aliphatic heterocycles. The van der Waals surface area contributed by atoms with Crippen LogP contribution >= 0.6 is 0 Å². The van der Waals surface area contributed by atoms with Gasteiger partial charge in [0, 0.05) is 12.3 Å². The van der Waals surface area contributed by atoms with Gasteiger partial charge < -0.3 is 14.6 Å². The van der Waals surface area contributed by atoms with Crippen LogP contribution in [-0.4, -0.2) is 28.2 Å². The third-order valence-electron chi connectivity index (χ3n) is 2.66. The Balaban J connectivity index is 2.45. The summed E-state index contributed by atoms with van der Waals surface area (Å²) in [5.74, 6) is -0.134. The molecular weight excluding hydrogens is 260 g/mol. The molecule has 2 rings (SSSR count). The number of benzene rings is 1. The summed E-state index contributed by atoms with van der Waals surface area (Å²) < 4.78 is 10.7. The van der Waals surface area contributed by atoms with E-state index in [1.807, 2.05) is 0 Å². The molecule has 0 saturated carbocycles. The number of hydrogen-bond donors (Lipinski definition) is 1. The van der Waals surface area contributed by atoms with Crippen molar-refractivity contribution in [1.82, 2.24) is 9.97 Å². The minimum Gasteiger partial charge on any atom is -0.497 e. The normalized spacial score (nSPS) is 10.2. The zero-order chi connectivity index (χ0) is 14.7. The van der Waals surface area contributed by atoms with Gasteiger partial charge in [0.2, 0.25) is 5.88 Å². The van der Waals surface area contributed by atoms with Crippen LogP contribution in [0.1, 0.15) is 21.7 Å². The summed E-state index contributed by atoms with van der Waals surface area (Å²) in [6.07, 6.45) is 1.62. The Morgan fingerprint density at radius 2 is 2.05 bits per heavy atom. The number of rotatable bonds is 4. The fraction of sp³-hybridized carbons (Fsp3) is 0.214. The Labute approximate surface area is 116 Å². The van der Waals surface area contributed by atoms with E-state index in [-0.39, 0.29) is 17.2 Å². The maximum absolute atomic E-state index is 11.2. The van der Waals surface area contributed by atoms with Gasteiger partial charge in [-0.05, 0) is 26.0 Å². The summed E-state index contributed by atoms with van der Waals surface area (Å²) in [6.45, 7) is 3.52. The van der Waals surface area contributed by atoms with E-state index < -0.39 is 5.97 Å². The van der Waals surface area contributed by atoms with Crippen LogP contribution in [0.15, 0.2) is 24.4 Å². The monoisotopic (exact) mass is 274 g/mol. The van der Waals surface area contributed by atoms with Crippen LogP contribution in [0.3, 0.4) is 0 Å². The number of aromatic carboxylic acids is 1. The summed E-state index contributed by atoms with van der Waals surface area (Å²) in [7, 11) is 1.50. The third-order valence-corrected chi connectivity index (χ3v) is 2.66. The lowest BCUT2D eigenvalue weighted by molar-refractivity contribution is 0.0694. The van der Waals surface area contributed by atoms with Crippen LogP contribution < -0.4 is 9.47 Å². The molecule has 6 heteroatoms. The molecule has 0 amide bonds. The van der Waals surface area contributed by atoms with Crippen molar-refractivity contribution in [2.45, 2.75) is 13.8 Å². The zero-order valence-electron chi connectivity index (χ0n) is 11.4. The molecule has 0 saturated heterocycles. The lowest BCUT2D eigenvalue weighted by Crippen LogP contribution is -2.03. The van der Waals surface area contributed by atoms with Gasteiger partial charge in [0.25, 0.3) is 0 Å². The van der Waals surface area contributed by atoms with Crippen LogP contribution in [0.5, 0.6) is 17.4 Å². The molecule has 0 bridgehead atoms. The number of aryl methyl sites for hydroxylation is 2. The molecule has 104 valence electrons. The van der Waals surface area contributed by atoms with E-state index in [4.69, 9.17) is 9.47 Å². The van der Waals surface area contributed by atoms with Crippen LogP contribution in [0, 0.1) is 13.8 Å². The number of carboxylic acids is 1. The van der Waals surface area contributed by atoms with Gasteiger partial charge >= 0.3 is 5.97 Å². The van der Waals surface area contributed by atoms with Crippen molar-refractivity contribution in [3.63, 3.8) is 0 Å². The molecule has 0 fully saturated rings. The molecule has 20 heavy (non-hydrogen) atoms. The Morgan fingerprint density at radius 3 is 2.70 bits per heavy atom. The van der Waals surface area contributed by atoms with Crippen molar-refractivity contribution >= 4 is 5.97 Å². The number of hydrogen-bond acceptors (Lipinski definition) is 5. The van der Waals surface area contributed by atoms with Crippen molar-refractivity contribution < 1.29 is 19.4 Å². The molecule has 1 aromatic heterocycles. The second kappa shape index (κ2) is 5.56. The lowest BCUT2D eigenvalue weighted by atomic mass is 10.2. The lowest BCUT2D eigenvalue weighted by Gasteiger charge is -2.11. The fourth-order valence-corrected chi connectivity index (χ4v) is 1.61. The summed E-state index contributed by atoms with van der Waals surface area (Å²) in [5.41, 5.74) is 1.30. The summed E-state index contributed by atoms with van der Waals surface area (Å²) >= 11 is 0. The molecular formula is C14H14N2O4. The average molecular weight is 274 g/mol. The van der Waals surface area contributed by atoms with Crippen LogP contribution in [0.2, 0.25) is 0 Å². The Hall–Kier alpha value is -2.63. The Bertz CT molecular complexity index is 656. The van der Waals surface area contributed by atoms with Gasteiger partial charge in [-0.2, -0.15) is 0 Å². The van der Waals surface area contributed by atoms with Gasteiger partial charge in [0.1, 0.15) is 17.1 Å². The standard InChI is InChI=1S/C14H14N2O4/c1-8-7-15-9(2)13(16-8)20-12-6-10(19-3)4-5-11(12)14(17)18/h4-7H,1-3H3,(H,17,18). The third kappa shape index (κ3) is 2.85. The van der Waals surface area contributed by atoms with E-state index in [0.29, 0.717) is 17.1 Å². The maximum Gasteiger partial charge on any atom is 0.339 e. The predicted molar refractivity (Wildman–Crippen MR) is 71.5 cm³/mol. The molecule has 1 N–H and O–H groups in total. The Kier molecular flexibility index (Phi) is 3.84. The SMILES string of the molecule is COc1ccc(C(=O)O)c(Oc2nc(C)cnc2C)c1. The first-order valence-corrected chi connectivity index (χ1v) is 5.90. The van der Waals surface area contributed by atoms with Crippen molar-refractivity contribution in [3.8, 4) is 17.4 Å². The molecule has 6 nitrogen and oxygen atoms in total. The molecule has 0 spiro atoms. The highest BCUT2D eigenvalue weighted by molar-refractivity contribution is 5.91. The molecule has 2 aromatic rings. The van der Waals surface area contributed by atoms with Crippen LogP contribution in [0.4, 0.5) is 0 Å². The van der Waals surface area contributed by atoms with Gasteiger partial charge in [0.15, 0.2) is 0 Å².